The Morgan fingerprint density at radius 2 is 1.65 bits per heavy atom. The van der Waals surface area contributed by atoms with Crippen LogP contribution in [0.25, 0.3) is 0 Å². The van der Waals surface area contributed by atoms with Crippen LogP contribution in [0.4, 0.5) is 10.1 Å². The average Bonchev–Trinajstić information content (AvgIpc) is 2.63. The number of halogens is 1. The largest absolute Gasteiger partial charge is 0.309 e. The van der Waals surface area contributed by atoms with Crippen LogP contribution in [-0.2, 0) is 10.0 Å². The van der Waals surface area contributed by atoms with E-state index in [-0.39, 0.29) is 22.7 Å². The van der Waals surface area contributed by atoms with Crippen molar-refractivity contribution in [1.82, 2.24) is 4.72 Å². The number of hydrogen-bond acceptors (Lipinski definition) is 3. The number of benzene rings is 2. The summed E-state index contributed by atoms with van der Waals surface area (Å²) in [5.41, 5.74) is 0.938. The maximum absolute atomic E-state index is 13.1. The normalized spacial score (nSPS) is 12.6. The zero-order valence-corrected chi connectivity index (χ0v) is 15.9. The summed E-state index contributed by atoms with van der Waals surface area (Å²) in [6.45, 7) is 5.90. The first-order valence-corrected chi connectivity index (χ1v) is 9.96. The van der Waals surface area contributed by atoms with Gasteiger partial charge in [0, 0.05) is 23.8 Å². The number of sulfonamides is 1. The molecule has 0 aromatic heterocycles. The van der Waals surface area contributed by atoms with Crippen molar-refractivity contribution in [3.63, 3.8) is 0 Å². The number of hydrogen-bond donors (Lipinski definition) is 1. The number of carbonyl (C=O) groups is 1. The van der Waals surface area contributed by atoms with Gasteiger partial charge in [-0.1, -0.05) is 6.92 Å². The molecule has 2 aromatic rings. The molecule has 0 aliphatic rings. The Balaban J connectivity index is 2.23. The lowest BCUT2D eigenvalue weighted by molar-refractivity contribution is 0.0988. The molecular weight excluding hydrogens is 355 g/mol. The van der Waals surface area contributed by atoms with E-state index in [1.165, 1.54) is 53.4 Å². The molecule has 140 valence electrons. The maximum Gasteiger partial charge on any atom is 0.258 e. The molecule has 0 saturated heterocycles. The monoisotopic (exact) mass is 378 g/mol. The van der Waals surface area contributed by atoms with Gasteiger partial charge in [0.25, 0.3) is 5.91 Å². The van der Waals surface area contributed by atoms with Gasteiger partial charge in [0.15, 0.2) is 0 Å². The average molecular weight is 378 g/mol. The van der Waals surface area contributed by atoms with Crippen molar-refractivity contribution in [3.8, 4) is 0 Å². The summed E-state index contributed by atoms with van der Waals surface area (Å²) in [4.78, 5) is 14.3. The van der Waals surface area contributed by atoms with E-state index in [4.69, 9.17) is 0 Å². The number of amides is 1. The summed E-state index contributed by atoms with van der Waals surface area (Å²) in [5.74, 6) is -0.654. The molecule has 1 N–H and O–H groups in total. The van der Waals surface area contributed by atoms with E-state index < -0.39 is 10.0 Å². The molecule has 0 bridgehead atoms. The first kappa shape index (κ1) is 20.1. The Labute approximate surface area is 153 Å². The summed E-state index contributed by atoms with van der Waals surface area (Å²) in [6.07, 6.45) is 0.679. The zero-order valence-electron chi connectivity index (χ0n) is 15.1. The number of nitrogens with one attached hydrogen (secondary N) is 1. The minimum absolute atomic E-state index is 0.110. The van der Waals surface area contributed by atoms with Crippen molar-refractivity contribution in [2.75, 3.05) is 11.4 Å². The standard InChI is InChI=1S/C19H23FN2O3S/c1-4-14(3)21-26(24,25)18-12-6-15(7-13-18)19(23)22(5-2)17-10-8-16(20)9-11-17/h6-14,21H,4-5H2,1-3H3. The second-order valence-corrected chi connectivity index (χ2v) is 7.69. The van der Waals surface area contributed by atoms with Crippen molar-refractivity contribution in [2.45, 2.75) is 38.1 Å². The topological polar surface area (TPSA) is 66.5 Å². The Kier molecular flexibility index (Phi) is 6.50. The predicted octanol–water partition coefficient (Wildman–Crippen LogP) is 3.57. The third-order valence-corrected chi connectivity index (χ3v) is 5.69. The fourth-order valence-corrected chi connectivity index (χ4v) is 3.74. The summed E-state index contributed by atoms with van der Waals surface area (Å²) in [7, 11) is -3.61. The number of rotatable bonds is 7. The van der Waals surface area contributed by atoms with Gasteiger partial charge in [0.1, 0.15) is 5.82 Å². The van der Waals surface area contributed by atoms with Gasteiger partial charge in [0.2, 0.25) is 10.0 Å². The minimum Gasteiger partial charge on any atom is -0.309 e. The van der Waals surface area contributed by atoms with Crippen LogP contribution in [0.2, 0.25) is 0 Å². The van der Waals surface area contributed by atoms with Gasteiger partial charge in [-0.25, -0.2) is 17.5 Å². The lowest BCUT2D eigenvalue weighted by Gasteiger charge is -2.21. The molecule has 0 aliphatic heterocycles. The minimum atomic E-state index is -3.61. The Morgan fingerprint density at radius 1 is 1.08 bits per heavy atom. The van der Waals surface area contributed by atoms with Crippen molar-refractivity contribution in [3.05, 3.63) is 59.9 Å². The molecule has 0 heterocycles. The molecule has 0 saturated carbocycles. The van der Waals surface area contributed by atoms with E-state index >= 15 is 0 Å². The lowest BCUT2D eigenvalue weighted by Crippen LogP contribution is -2.32. The molecule has 0 radical (unpaired) electrons. The summed E-state index contributed by atoms with van der Waals surface area (Å²) in [5, 5.41) is 0. The zero-order chi connectivity index (χ0) is 19.3. The van der Waals surface area contributed by atoms with E-state index in [1.807, 2.05) is 13.8 Å². The van der Waals surface area contributed by atoms with Crippen LogP contribution in [-0.4, -0.2) is 26.9 Å². The van der Waals surface area contributed by atoms with Crippen LogP contribution in [0.1, 0.15) is 37.6 Å². The summed E-state index contributed by atoms with van der Waals surface area (Å²) < 4.78 is 40.2. The highest BCUT2D eigenvalue weighted by Gasteiger charge is 2.19. The van der Waals surface area contributed by atoms with E-state index in [0.29, 0.717) is 24.2 Å². The van der Waals surface area contributed by atoms with Crippen LogP contribution in [0.3, 0.4) is 0 Å². The molecule has 26 heavy (non-hydrogen) atoms. The Morgan fingerprint density at radius 3 is 2.15 bits per heavy atom. The van der Waals surface area contributed by atoms with E-state index in [1.54, 1.807) is 6.92 Å². The third kappa shape index (κ3) is 4.68. The highest BCUT2D eigenvalue weighted by molar-refractivity contribution is 7.89. The molecule has 2 aromatic carbocycles. The molecule has 2 rings (SSSR count). The number of nitrogens with zero attached hydrogens (tertiary/aromatic N) is 1. The number of carbonyl (C=O) groups excluding carboxylic acids is 1. The van der Waals surface area contributed by atoms with Crippen molar-refractivity contribution in [1.29, 1.82) is 0 Å². The highest BCUT2D eigenvalue weighted by atomic mass is 32.2. The Hall–Kier alpha value is -2.25. The van der Waals surface area contributed by atoms with Gasteiger partial charge < -0.3 is 4.90 Å². The SMILES string of the molecule is CCC(C)NS(=O)(=O)c1ccc(C(=O)N(CC)c2ccc(F)cc2)cc1. The first-order valence-electron chi connectivity index (χ1n) is 8.48. The molecule has 0 fully saturated rings. The Bertz CT molecular complexity index is 849. The summed E-state index contributed by atoms with van der Waals surface area (Å²) >= 11 is 0. The lowest BCUT2D eigenvalue weighted by atomic mass is 10.2. The van der Waals surface area contributed by atoms with Gasteiger partial charge in [-0.05, 0) is 68.8 Å². The van der Waals surface area contributed by atoms with Crippen LogP contribution >= 0.6 is 0 Å². The van der Waals surface area contributed by atoms with Gasteiger partial charge in [0.05, 0.1) is 4.90 Å². The second kappa shape index (κ2) is 8.42. The predicted molar refractivity (Wildman–Crippen MR) is 100 cm³/mol. The second-order valence-electron chi connectivity index (χ2n) is 5.98. The smallest absolute Gasteiger partial charge is 0.258 e. The molecule has 1 atom stereocenters. The fourth-order valence-electron chi connectivity index (χ4n) is 2.41. The van der Waals surface area contributed by atoms with Gasteiger partial charge in [-0.2, -0.15) is 0 Å². The quantitative estimate of drug-likeness (QED) is 0.801. The first-order chi connectivity index (χ1) is 12.3. The van der Waals surface area contributed by atoms with Gasteiger partial charge >= 0.3 is 0 Å². The third-order valence-electron chi connectivity index (χ3n) is 4.08. The number of anilines is 1. The van der Waals surface area contributed by atoms with Crippen molar-refractivity contribution in [2.24, 2.45) is 0 Å². The molecule has 1 unspecified atom stereocenters. The van der Waals surface area contributed by atoms with Crippen LogP contribution in [0, 0.1) is 5.82 Å². The van der Waals surface area contributed by atoms with E-state index in [0.717, 1.165) is 0 Å². The van der Waals surface area contributed by atoms with Gasteiger partial charge in [-0.3, -0.25) is 4.79 Å². The van der Waals surface area contributed by atoms with Crippen LogP contribution < -0.4 is 9.62 Å². The molecule has 1 amide bonds. The molecule has 5 nitrogen and oxygen atoms in total. The van der Waals surface area contributed by atoms with Gasteiger partial charge in [-0.15, -0.1) is 0 Å². The molecular formula is C19H23FN2O3S. The van der Waals surface area contributed by atoms with Crippen molar-refractivity contribution < 1.29 is 17.6 Å². The molecule has 7 heteroatoms. The van der Waals surface area contributed by atoms with E-state index in [2.05, 4.69) is 4.72 Å². The summed E-state index contributed by atoms with van der Waals surface area (Å²) in [6, 6.07) is 11.3. The molecule has 0 aliphatic carbocycles. The maximum atomic E-state index is 13.1. The van der Waals surface area contributed by atoms with Crippen LogP contribution in [0.5, 0.6) is 0 Å². The fraction of sp³-hybridized carbons (Fsp3) is 0.316. The highest BCUT2D eigenvalue weighted by Crippen LogP contribution is 2.19. The van der Waals surface area contributed by atoms with Crippen molar-refractivity contribution >= 4 is 21.6 Å². The molecule has 0 spiro atoms. The van der Waals surface area contributed by atoms with E-state index in [9.17, 15) is 17.6 Å². The van der Waals surface area contributed by atoms with Crippen LogP contribution in [0.15, 0.2) is 53.4 Å².